The fourth-order valence-corrected chi connectivity index (χ4v) is 3.10. The van der Waals surface area contributed by atoms with Crippen LogP contribution in [0.15, 0.2) is 11.0 Å². The van der Waals surface area contributed by atoms with Crippen LogP contribution in [-0.4, -0.2) is 27.0 Å². The van der Waals surface area contributed by atoms with E-state index in [0.29, 0.717) is 23.2 Å². The number of nitrogens with zero attached hydrogens (tertiary/aromatic N) is 2. The highest BCUT2D eigenvalue weighted by molar-refractivity contribution is 6.33. The van der Waals surface area contributed by atoms with Gasteiger partial charge in [-0.05, 0) is 31.6 Å². The van der Waals surface area contributed by atoms with E-state index in [1.54, 1.807) is 0 Å². The molecule has 116 valence electrons. The molecule has 0 spiro atoms. The van der Waals surface area contributed by atoms with E-state index in [-0.39, 0.29) is 11.6 Å². The van der Waals surface area contributed by atoms with Crippen molar-refractivity contribution in [2.45, 2.75) is 63.6 Å². The molecule has 1 heterocycles. The van der Waals surface area contributed by atoms with Crippen molar-refractivity contribution in [1.82, 2.24) is 9.78 Å². The quantitative estimate of drug-likeness (QED) is 0.838. The highest BCUT2D eigenvalue weighted by Crippen LogP contribution is 2.30. The summed E-state index contributed by atoms with van der Waals surface area (Å²) in [5.74, 6) is 0.577. The first kappa shape index (κ1) is 14.9. The molecule has 3 rings (SSSR count). The maximum atomic E-state index is 12.5. The molecule has 0 aliphatic heterocycles. The number of aliphatic hydroxyl groups excluding tert-OH is 1. The molecule has 2 saturated carbocycles. The minimum Gasteiger partial charge on any atom is -0.391 e. The van der Waals surface area contributed by atoms with Crippen LogP contribution < -0.4 is 10.9 Å². The van der Waals surface area contributed by atoms with Gasteiger partial charge in [-0.15, -0.1) is 0 Å². The molecule has 2 aliphatic carbocycles. The first-order chi connectivity index (χ1) is 10.1. The smallest absolute Gasteiger partial charge is 0.291 e. The second-order valence-electron chi connectivity index (χ2n) is 6.25. The van der Waals surface area contributed by atoms with E-state index in [9.17, 15) is 9.90 Å². The molecule has 0 bridgehead atoms. The largest absolute Gasteiger partial charge is 0.391 e. The first-order valence-corrected chi connectivity index (χ1v) is 8.23. The third-order valence-electron chi connectivity index (χ3n) is 4.43. The zero-order chi connectivity index (χ0) is 14.8. The van der Waals surface area contributed by atoms with E-state index < -0.39 is 6.10 Å². The molecule has 2 atom stereocenters. The standard InChI is InChI=1S/C15H22ClN3O2/c16-11-8-17-19(9-10-6-7-10)15(21)14(11)18-12-4-2-1-3-5-13(12)20/h8,10,12-13,18,20H,1-7,9H2. The summed E-state index contributed by atoms with van der Waals surface area (Å²) >= 11 is 6.14. The first-order valence-electron chi connectivity index (χ1n) is 7.85. The fourth-order valence-electron chi connectivity index (χ4n) is 2.92. The number of hydrogen-bond donors (Lipinski definition) is 2. The summed E-state index contributed by atoms with van der Waals surface area (Å²) in [6.07, 6.45) is 8.30. The normalized spacial score (nSPS) is 26.4. The number of halogens is 1. The second kappa shape index (κ2) is 6.36. The van der Waals surface area contributed by atoms with Gasteiger partial charge in [0.1, 0.15) is 5.69 Å². The molecule has 0 aromatic carbocycles. The summed E-state index contributed by atoms with van der Waals surface area (Å²) in [6.45, 7) is 0.665. The van der Waals surface area contributed by atoms with Crippen LogP contribution in [0.25, 0.3) is 0 Å². The summed E-state index contributed by atoms with van der Waals surface area (Å²) < 4.78 is 1.50. The van der Waals surface area contributed by atoms with E-state index in [4.69, 9.17) is 11.6 Å². The van der Waals surface area contributed by atoms with Gasteiger partial charge in [-0.2, -0.15) is 5.10 Å². The molecule has 1 aromatic heterocycles. The SMILES string of the molecule is O=c1c(NC2CCCCCC2O)c(Cl)cnn1CC1CC1. The Bertz CT molecular complexity index is 556. The molecule has 1 aromatic rings. The van der Waals surface area contributed by atoms with E-state index in [0.717, 1.165) is 32.1 Å². The van der Waals surface area contributed by atoms with Gasteiger partial charge in [-0.1, -0.05) is 30.9 Å². The third kappa shape index (κ3) is 3.58. The number of anilines is 1. The molecule has 5 nitrogen and oxygen atoms in total. The fraction of sp³-hybridized carbons (Fsp3) is 0.733. The van der Waals surface area contributed by atoms with Crippen molar-refractivity contribution in [1.29, 1.82) is 0 Å². The highest BCUT2D eigenvalue weighted by Gasteiger charge is 2.26. The second-order valence-corrected chi connectivity index (χ2v) is 6.66. The lowest BCUT2D eigenvalue weighted by molar-refractivity contribution is 0.144. The van der Waals surface area contributed by atoms with E-state index >= 15 is 0 Å². The molecule has 2 unspecified atom stereocenters. The van der Waals surface area contributed by atoms with Gasteiger partial charge in [0, 0.05) is 6.54 Å². The number of aromatic nitrogens is 2. The summed E-state index contributed by atoms with van der Waals surface area (Å²) in [6, 6.07) is -0.102. The van der Waals surface area contributed by atoms with Gasteiger partial charge in [0.2, 0.25) is 0 Å². The van der Waals surface area contributed by atoms with Gasteiger partial charge in [-0.3, -0.25) is 4.79 Å². The summed E-state index contributed by atoms with van der Waals surface area (Å²) in [4.78, 5) is 12.5. The van der Waals surface area contributed by atoms with Crippen molar-refractivity contribution in [3.05, 3.63) is 21.6 Å². The van der Waals surface area contributed by atoms with Gasteiger partial charge in [0.25, 0.3) is 5.56 Å². The van der Waals surface area contributed by atoms with Crippen LogP contribution in [0.4, 0.5) is 5.69 Å². The van der Waals surface area contributed by atoms with Gasteiger partial charge in [0.05, 0.1) is 23.4 Å². The van der Waals surface area contributed by atoms with Crippen molar-refractivity contribution in [3.63, 3.8) is 0 Å². The van der Waals surface area contributed by atoms with E-state index in [1.165, 1.54) is 23.7 Å². The molecule has 2 aliphatic rings. The lowest BCUT2D eigenvalue weighted by Gasteiger charge is -2.23. The number of hydrogen-bond acceptors (Lipinski definition) is 4. The Hall–Kier alpha value is -1.07. The van der Waals surface area contributed by atoms with Crippen LogP contribution in [0.5, 0.6) is 0 Å². The Morgan fingerprint density at radius 2 is 2.05 bits per heavy atom. The Kier molecular flexibility index (Phi) is 4.50. The number of aliphatic hydroxyl groups is 1. The van der Waals surface area contributed by atoms with Crippen molar-refractivity contribution in [2.75, 3.05) is 5.32 Å². The molecule has 6 heteroatoms. The van der Waals surface area contributed by atoms with Crippen LogP contribution in [0.2, 0.25) is 5.02 Å². The van der Waals surface area contributed by atoms with Crippen LogP contribution in [0.3, 0.4) is 0 Å². The molecule has 2 N–H and O–H groups in total. The molecule has 21 heavy (non-hydrogen) atoms. The van der Waals surface area contributed by atoms with Crippen molar-refractivity contribution >= 4 is 17.3 Å². The van der Waals surface area contributed by atoms with Gasteiger partial charge < -0.3 is 10.4 Å². The number of nitrogens with one attached hydrogen (secondary N) is 1. The molecule has 0 amide bonds. The maximum Gasteiger partial charge on any atom is 0.291 e. The Morgan fingerprint density at radius 1 is 1.29 bits per heavy atom. The van der Waals surface area contributed by atoms with Crippen molar-refractivity contribution in [2.24, 2.45) is 5.92 Å². The zero-order valence-corrected chi connectivity index (χ0v) is 12.9. The molecule has 0 saturated heterocycles. The van der Waals surface area contributed by atoms with Gasteiger partial charge >= 0.3 is 0 Å². The molecule has 0 radical (unpaired) electrons. The monoisotopic (exact) mass is 311 g/mol. The average Bonchev–Trinajstić information content (AvgIpc) is 3.28. The third-order valence-corrected chi connectivity index (χ3v) is 4.72. The Morgan fingerprint density at radius 3 is 2.81 bits per heavy atom. The molecule has 2 fully saturated rings. The lowest BCUT2D eigenvalue weighted by atomic mass is 10.1. The topological polar surface area (TPSA) is 67.2 Å². The van der Waals surface area contributed by atoms with Crippen LogP contribution in [0.1, 0.15) is 44.9 Å². The number of rotatable bonds is 4. The van der Waals surface area contributed by atoms with E-state index in [2.05, 4.69) is 10.4 Å². The molecular weight excluding hydrogens is 290 g/mol. The Labute approximate surface area is 129 Å². The molecular formula is C15H22ClN3O2. The lowest BCUT2D eigenvalue weighted by Crippen LogP contribution is -2.36. The van der Waals surface area contributed by atoms with Crippen LogP contribution in [0, 0.1) is 5.92 Å². The summed E-state index contributed by atoms with van der Waals surface area (Å²) in [7, 11) is 0. The minimum absolute atomic E-state index is 0.102. The predicted octanol–water partition coefficient (Wildman–Crippen LogP) is 2.41. The zero-order valence-electron chi connectivity index (χ0n) is 12.1. The summed E-state index contributed by atoms with van der Waals surface area (Å²) in [5.41, 5.74) is 0.212. The Balaban J connectivity index is 1.81. The van der Waals surface area contributed by atoms with Crippen LogP contribution >= 0.6 is 11.6 Å². The predicted molar refractivity (Wildman–Crippen MR) is 82.7 cm³/mol. The maximum absolute atomic E-state index is 12.5. The van der Waals surface area contributed by atoms with Crippen LogP contribution in [-0.2, 0) is 6.54 Å². The van der Waals surface area contributed by atoms with Gasteiger partial charge in [-0.25, -0.2) is 4.68 Å². The van der Waals surface area contributed by atoms with Gasteiger partial charge in [0.15, 0.2) is 0 Å². The minimum atomic E-state index is -0.423. The average molecular weight is 312 g/mol. The summed E-state index contributed by atoms with van der Waals surface area (Å²) in [5, 5.41) is 17.8. The van der Waals surface area contributed by atoms with E-state index in [1.807, 2.05) is 0 Å². The van der Waals surface area contributed by atoms with Crippen molar-refractivity contribution in [3.8, 4) is 0 Å². The highest BCUT2D eigenvalue weighted by atomic mass is 35.5. The van der Waals surface area contributed by atoms with Crippen molar-refractivity contribution < 1.29 is 5.11 Å².